The second-order valence-electron chi connectivity index (χ2n) is 8.99. The van der Waals surface area contributed by atoms with Crippen LogP contribution in [0, 0.1) is 11.8 Å². The van der Waals surface area contributed by atoms with E-state index in [0.29, 0.717) is 6.42 Å². The Balaban J connectivity index is 2.03. The molecule has 0 saturated carbocycles. The monoisotopic (exact) mass is 425 g/mol. The van der Waals surface area contributed by atoms with Crippen molar-refractivity contribution in [2.24, 2.45) is 0 Å². The van der Waals surface area contributed by atoms with Gasteiger partial charge in [0.25, 0.3) is 0 Å². The normalized spacial score (nSPS) is 20.0. The van der Waals surface area contributed by atoms with Gasteiger partial charge in [0.2, 0.25) is 0 Å². The molecule has 1 aliphatic rings. The van der Waals surface area contributed by atoms with Crippen LogP contribution in [0.1, 0.15) is 83.3 Å². The average molecular weight is 426 g/mol. The molecule has 31 heavy (non-hydrogen) atoms. The lowest BCUT2D eigenvalue weighted by Gasteiger charge is -2.29. The van der Waals surface area contributed by atoms with Gasteiger partial charge in [-0.1, -0.05) is 62.3 Å². The van der Waals surface area contributed by atoms with Gasteiger partial charge in [0.05, 0.1) is 7.11 Å². The summed E-state index contributed by atoms with van der Waals surface area (Å²) >= 11 is 0. The number of methoxy groups -OCH3 is 1. The van der Waals surface area contributed by atoms with Crippen molar-refractivity contribution in [3.05, 3.63) is 47.5 Å². The van der Waals surface area contributed by atoms with Crippen molar-refractivity contribution in [3.8, 4) is 11.8 Å². The molecule has 2 atom stereocenters. The zero-order chi connectivity index (χ0) is 22.9. The molecule has 0 radical (unpaired) electrons. The highest BCUT2D eigenvalue weighted by molar-refractivity contribution is 5.89. The summed E-state index contributed by atoms with van der Waals surface area (Å²) in [5, 5.41) is 2.71. The number of nitrogens with one attached hydrogen (secondary N) is 1. The summed E-state index contributed by atoms with van der Waals surface area (Å²) in [6.07, 6.45) is 9.17. The molecule has 0 saturated heterocycles. The van der Waals surface area contributed by atoms with E-state index in [9.17, 15) is 9.59 Å². The van der Waals surface area contributed by atoms with E-state index in [1.165, 1.54) is 26.4 Å². The summed E-state index contributed by atoms with van der Waals surface area (Å²) in [5.41, 5.74) is 0.142. The predicted molar refractivity (Wildman–Crippen MR) is 123 cm³/mol. The molecule has 1 amide bonds. The van der Waals surface area contributed by atoms with Crippen LogP contribution in [0.15, 0.2) is 36.4 Å². The number of carbonyl (C=O) groups excluding carboxylic acids is 2. The number of hydrogen-bond acceptors (Lipinski definition) is 4. The first-order valence-electron chi connectivity index (χ1n) is 11.1. The van der Waals surface area contributed by atoms with Gasteiger partial charge in [-0.2, -0.15) is 0 Å². The van der Waals surface area contributed by atoms with Gasteiger partial charge >= 0.3 is 12.1 Å². The topological polar surface area (TPSA) is 64.6 Å². The van der Waals surface area contributed by atoms with Gasteiger partial charge in [0, 0.05) is 17.9 Å². The minimum atomic E-state index is -1.24. The summed E-state index contributed by atoms with van der Waals surface area (Å²) in [6.45, 7) is 7.54. The molecule has 5 nitrogen and oxygen atoms in total. The van der Waals surface area contributed by atoms with Crippen molar-refractivity contribution < 1.29 is 19.1 Å². The van der Waals surface area contributed by atoms with E-state index >= 15 is 0 Å². The molecular weight excluding hydrogens is 390 g/mol. The van der Waals surface area contributed by atoms with E-state index in [1.807, 2.05) is 30.3 Å². The average Bonchev–Trinajstić information content (AvgIpc) is 3.14. The van der Waals surface area contributed by atoms with Crippen LogP contribution in [0.4, 0.5) is 4.79 Å². The third kappa shape index (κ3) is 7.47. The Morgan fingerprint density at radius 1 is 1.16 bits per heavy atom. The minimum absolute atomic E-state index is 0.0231. The number of esters is 1. The molecule has 168 valence electrons. The third-order valence-corrected chi connectivity index (χ3v) is 5.16. The van der Waals surface area contributed by atoms with E-state index in [1.54, 1.807) is 26.8 Å². The minimum Gasteiger partial charge on any atom is -0.467 e. The smallest absolute Gasteiger partial charge is 0.408 e. The van der Waals surface area contributed by atoms with Crippen molar-refractivity contribution >= 4 is 12.1 Å². The number of hydrogen-bond donors (Lipinski definition) is 1. The molecule has 0 bridgehead atoms. The highest BCUT2D eigenvalue weighted by atomic mass is 16.6. The summed E-state index contributed by atoms with van der Waals surface area (Å²) in [5.74, 6) is 5.92. The number of unbranched alkanes of at least 4 members (excludes halogenated alkanes) is 4. The van der Waals surface area contributed by atoms with Crippen LogP contribution >= 0.6 is 0 Å². The van der Waals surface area contributed by atoms with E-state index in [2.05, 4.69) is 24.1 Å². The molecule has 0 unspecified atom stereocenters. The highest BCUT2D eigenvalue weighted by Gasteiger charge is 2.45. The van der Waals surface area contributed by atoms with E-state index in [-0.39, 0.29) is 5.92 Å². The number of rotatable bonds is 7. The van der Waals surface area contributed by atoms with E-state index in [4.69, 9.17) is 9.47 Å². The molecule has 0 spiro atoms. The standard InChI is InChI=1S/C26H35NO4/c1-6-7-8-9-10-11-12-20-13-15-21(16-14-20)22-17-18-26(19-22,23(28)30-5)27-24(29)31-25(2,3)4/h13-18,22H,6-10,19H2,1-5H3,(H,27,29)/t22-,26+/m0/s1. The molecule has 1 aliphatic carbocycles. The lowest BCUT2D eigenvalue weighted by Crippen LogP contribution is -2.54. The molecule has 1 aromatic rings. The Morgan fingerprint density at radius 2 is 1.87 bits per heavy atom. The summed E-state index contributed by atoms with van der Waals surface area (Å²) in [4.78, 5) is 24.8. The van der Waals surface area contributed by atoms with Gasteiger partial charge in [-0.05, 0) is 51.3 Å². The van der Waals surface area contributed by atoms with Gasteiger partial charge in [0.1, 0.15) is 5.60 Å². The number of carbonyl (C=O) groups is 2. The quantitative estimate of drug-likeness (QED) is 0.272. The predicted octanol–water partition coefficient (Wildman–Crippen LogP) is 5.49. The first kappa shape index (κ1) is 24.5. The van der Waals surface area contributed by atoms with Crippen LogP contribution in [-0.2, 0) is 14.3 Å². The van der Waals surface area contributed by atoms with E-state index in [0.717, 1.165) is 24.0 Å². The Morgan fingerprint density at radius 3 is 2.48 bits per heavy atom. The fourth-order valence-electron chi connectivity index (χ4n) is 3.57. The lowest BCUT2D eigenvalue weighted by molar-refractivity contribution is -0.146. The Bertz CT molecular complexity index is 839. The molecule has 0 aliphatic heterocycles. The number of ether oxygens (including phenoxy) is 2. The molecule has 0 heterocycles. The number of allylic oxidation sites excluding steroid dienone is 1. The largest absolute Gasteiger partial charge is 0.467 e. The van der Waals surface area contributed by atoms with Crippen molar-refractivity contribution in [1.29, 1.82) is 0 Å². The van der Waals surface area contributed by atoms with Crippen LogP contribution in [-0.4, -0.2) is 30.3 Å². The van der Waals surface area contributed by atoms with Crippen LogP contribution in [0.2, 0.25) is 0 Å². The lowest BCUT2D eigenvalue weighted by atomic mass is 9.90. The molecule has 1 aromatic carbocycles. The van der Waals surface area contributed by atoms with Crippen molar-refractivity contribution in [2.75, 3.05) is 7.11 Å². The Kier molecular flexibility index (Phi) is 8.74. The fraction of sp³-hybridized carbons (Fsp3) is 0.538. The highest BCUT2D eigenvalue weighted by Crippen LogP contribution is 2.36. The van der Waals surface area contributed by atoms with Crippen LogP contribution in [0.5, 0.6) is 0 Å². The van der Waals surface area contributed by atoms with Crippen LogP contribution in [0.3, 0.4) is 0 Å². The number of alkyl carbamates (subject to hydrolysis) is 1. The zero-order valence-corrected chi connectivity index (χ0v) is 19.4. The maximum atomic E-state index is 12.5. The first-order valence-corrected chi connectivity index (χ1v) is 11.1. The van der Waals surface area contributed by atoms with Gasteiger partial charge in [-0.15, -0.1) is 0 Å². The van der Waals surface area contributed by atoms with Crippen molar-refractivity contribution in [3.63, 3.8) is 0 Å². The fourth-order valence-corrected chi connectivity index (χ4v) is 3.57. The van der Waals surface area contributed by atoms with Crippen LogP contribution in [0.25, 0.3) is 0 Å². The Labute approximate surface area is 186 Å². The first-order chi connectivity index (χ1) is 14.7. The number of benzene rings is 1. The van der Waals surface area contributed by atoms with Crippen LogP contribution < -0.4 is 5.32 Å². The molecule has 2 rings (SSSR count). The molecule has 5 heteroatoms. The molecular formula is C26H35NO4. The maximum absolute atomic E-state index is 12.5. The van der Waals surface area contributed by atoms with E-state index < -0.39 is 23.2 Å². The second-order valence-corrected chi connectivity index (χ2v) is 8.99. The Hall–Kier alpha value is -2.74. The van der Waals surface area contributed by atoms with Gasteiger partial charge in [0.15, 0.2) is 5.54 Å². The molecule has 0 aromatic heterocycles. The maximum Gasteiger partial charge on any atom is 0.408 e. The number of amides is 1. The SMILES string of the molecule is CCCCCCC#Cc1ccc([C@H]2C=C[C@](NC(=O)OC(C)(C)C)(C(=O)OC)C2)cc1. The summed E-state index contributed by atoms with van der Waals surface area (Å²) < 4.78 is 10.3. The third-order valence-electron chi connectivity index (χ3n) is 5.16. The van der Waals surface area contributed by atoms with Crippen molar-refractivity contribution in [1.82, 2.24) is 5.32 Å². The van der Waals surface area contributed by atoms with Gasteiger partial charge < -0.3 is 14.8 Å². The zero-order valence-electron chi connectivity index (χ0n) is 19.4. The summed E-state index contributed by atoms with van der Waals surface area (Å²) in [7, 11) is 1.32. The summed E-state index contributed by atoms with van der Waals surface area (Å²) in [6, 6.07) is 8.05. The van der Waals surface area contributed by atoms with Crippen molar-refractivity contribution in [2.45, 2.75) is 83.3 Å². The molecule has 0 fully saturated rings. The molecule has 1 N–H and O–H groups in total. The second kappa shape index (κ2) is 11.0. The van der Waals surface area contributed by atoms with Gasteiger partial charge in [-0.25, -0.2) is 9.59 Å². The van der Waals surface area contributed by atoms with Gasteiger partial charge in [-0.3, -0.25) is 0 Å².